The van der Waals surface area contributed by atoms with E-state index in [0.717, 1.165) is 5.92 Å². The Morgan fingerprint density at radius 1 is 0.556 bits per heavy atom. The molecule has 0 spiro atoms. The third-order valence-electron chi connectivity index (χ3n) is 2.07. The quantitative estimate of drug-likeness (QED) is 0.472. The molecule has 18 heavy (non-hydrogen) atoms. The maximum Gasteiger partial charge on any atom is -0.0471 e. The molecular formula is C18H44. The molecule has 0 heteroatoms. The Bertz CT molecular complexity index is 70.1. The molecule has 0 unspecified atom stereocenters. The smallest absolute Gasteiger partial charge is 0.0471 e. The van der Waals surface area contributed by atoms with Gasteiger partial charge in [0.05, 0.1) is 0 Å². The van der Waals surface area contributed by atoms with Crippen LogP contribution in [-0.4, -0.2) is 0 Å². The lowest BCUT2D eigenvalue weighted by Gasteiger charge is -1.95. The summed E-state index contributed by atoms with van der Waals surface area (Å²) in [6.07, 6.45) is 10.7. The molecule has 0 aliphatic heterocycles. The van der Waals surface area contributed by atoms with Gasteiger partial charge in [0.15, 0.2) is 0 Å². The molecule has 0 heterocycles. The summed E-state index contributed by atoms with van der Waals surface area (Å²) in [6.45, 7) is 19.8. The van der Waals surface area contributed by atoms with E-state index in [4.69, 9.17) is 0 Å². The summed E-state index contributed by atoms with van der Waals surface area (Å²) < 4.78 is 0. The second kappa shape index (κ2) is 36.0. The number of rotatable bonds is 5. The fourth-order valence-electron chi connectivity index (χ4n) is 0.931. The first-order valence-corrected chi connectivity index (χ1v) is 8.51. The summed E-state index contributed by atoms with van der Waals surface area (Å²) in [5.74, 6) is 0.898. The van der Waals surface area contributed by atoms with E-state index < -0.39 is 0 Å². The predicted octanol–water partition coefficient (Wildman–Crippen LogP) is 7.86. The van der Waals surface area contributed by atoms with Gasteiger partial charge in [-0.1, -0.05) is 114 Å². The first kappa shape index (κ1) is 26.5. The molecule has 116 valence electrons. The minimum atomic E-state index is 0.898. The lowest BCUT2D eigenvalue weighted by Crippen LogP contribution is -1.81. The van der Waals surface area contributed by atoms with Crippen molar-refractivity contribution in [2.24, 2.45) is 5.92 Å². The van der Waals surface area contributed by atoms with Crippen molar-refractivity contribution in [3.8, 4) is 0 Å². The molecule has 0 N–H and O–H groups in total. The van der Waals surface area contributed by atoms with Gasteiger partial charge in [-0.15, -0.1) is 0 Å². The second-order valence-electron chi connectivity index (χ2n) is 5.24. The highest BCUT2D eigenvalue weighted by Gasteiger charge is 1.85. The van der Waals surface area contributed by atoms with Crippen LogP contribution in [0.15, 0.2) is 0 Å². The Labute approximate surface area is 120 Å². The molecule has 0 aromatic heterocycles. The van der Waals surface area contributed by atoms with E-state index in [1.54, 1.807) is 0 Å². The number of unbranched alkanes of at least 4 members (excludes halogenated alkanes) is 3. The Kier molecular flexibility index (Phi) is 53.0. The highest BCUT2D eigenvalue weighted by Crippen LogP contribution is 2.00. The van der Waals surface area contributed by atoms with Gasteiger partial charge in [0.25, 0.3) is 0 Å². The van der Waals surface area contributed by atoms with Gasteiger partial charge in [-0.25, -0.2) is 0 Å². The van der Waals surface area contributed by atoms with Gasteiger partial charge in [-0.3, -0.25) is 0 Å². The Morgan fingerprint density at radius 3 is 0.889 bits per heavy atom. The van der Waals surface area contributed by atoms with Gasteiger partial charge in [0.1, 0.15) is 0 Å². The molecule has 0 radical (unpaired) electrons. The van der Waals surface area contributed by atoms with Crippen molar-refractivity contribution >= 4 is 0 Å². The molecular weight excluding hydrogens is 216 g/mol. The van der Waals surface area contributed by atoms with Crippen molar-refractivity contribution in [3.05, 3.63) is 0 Å². The normalized spacial score (nSPS) is 8.33. The van der Waals surface area contributed by atoms with Crippen LogP contribution in [0.1, 0.15) is 114 Å². The summed E-state index contributed by atoms with van der Waals surface area (Å²) >= 11 is 0. The van der Waals surface area contributed by atoms with Crippen LogP contribution in [0, 0.1) is 5.92 Å². The van der Waals surface area contributed by atoms with Crippen molar-refractivity contribution in [1.82, 2.24) is 0 Å². The zero-order valence-corrected chi connectivity index (χ0v) is 15.2. The Hall–Kier alpha value is 0. The molecule has 0 saturated heterocycles. The molecule has 0 atom stereocenters. The molecule has 0 amide bonds. The highest BCUT2D eigenvalue weighted by atomic mass is 13.9. The average Bonchev–Trinajstić information content (AvgIpc) is 2.32. The van der Waals surface area contributed by atoms with Gasteiger partial charge < -0.3 is 0 Å². The van der Waals surface area contributed by atoms with Gasteiger partial charge in [-0.2, -0.15) is 0 Å². The predicted molar refractivity (Wildman–Crippen MR) is 91.5 cm³/mol. The topological polar surface area (TPSA) is 0 Å². The number of hydrogen-bond acceptors (Lipinski definition) is 0. The van der Waals surface area contributed by atoms with Crippen LogP contribution in [0.2, 0.25) is 0 Å². The van der Waals surface area contributed by atoms with Gasteiger partial charge in [0, 0.05) is 0 Å². The standard InChI is InChI=1S/C6H14.C5H12.C4H10.C3H8/c1-4-5-6(2)3;1-3-5-4-2;1-3-4-2;1-3-2/h6H,4-5H2,1-3H3;3-5H2,1-2H3;3-4H2,1-2H3;3H2,1-2H3. The van der Waals surface area contributed by atoms with E-state index in [1.165, 1.54) is 51.4 Å². The highest BCUT2D eigenvalue weighted by molar-refractivity contribution is 4.38. The van der Waals surface area contributed by atoms with E-state index in [-0.39, 0.29) is 0 Å². The molecule has 0 saturated carbocycles. The largest absolute Gasteiger partial charge is 0.0656 e. The second-order valence-corrected chi connectivity index (χ2v) is 5.24. The first-order valence-electron chi connectivity index (χ1n) is 8.51. The third kappa shape index (κ3) is 100. The van der Waals surface area contributed by atoms with E-state index in [9.17, 15) is 0 Å². The maximum atomic E-state index is 2.25. The van der Waals surface area contributed by atoms with Crippen molar-refractivity contribution in [3.63, 3.8) is 0 Å². The van der Waals surface area contributed by atoms with Crippen LogP contribution in [0.5, 0.6) is 0 Å². The van der Waals surface area contributed by atoms with E-state index in [1.807, 2.05) is 0 Å². The molecule has 0 aromatic carbocycles. The van der Waals surface area contributed by atoms with Crippen LogP contribution in [-0.2, 0) is 0 Å². The average molecular weight is 261 g/mol. The van der Waals surface area contributed by atoms with E-state index in [0.29, 0.717) is 0 Å². The molecule has 0 aliphatic rings. The summed E-state index contributed by atoms with van der Waals surface area (Å²) in [5, 5.41) is 0. The monoisotopic (exact) mass is 260 g/mol. The van der Waals surface area contributed by atoms with E-state index in [2.05, 4.69) is 62.3 Å². The van der Waals surface area contributed by atoms with Crippen molar-refractivity contribution in [2.45, 2.75) is 114 Å². The maximum absolute atomic E-state index is 2.25. The summed E-state index contributed by atoms with van der Waals surface area (Å²) in [6, 6.07) is 0. The molecule has 0 fully saturated rings. The third-order valence-corrected chi connectivity index (χ3v) is 2.07. The summed E-state index contributed by atoms with van der Waals surface area (Å²) in [5.41, 5.74) is 0. The van der Waals surface area contributed by atoms with Crippen molar-refractivity contribution < 1.29 is 0 Å². The lowest BCUT2D eigenvalue weighted by molar-refractivity contribution is 0.576. The number of hydrogen-bond donors (Lipinski definition) is 0. The molecule has 0 nitrogen and oxygen atoms in total. The minimum Gasteiger partial charge on any atom is -0.0656 e. The van der Waals surface area contributed by atoms with Gasteiger partial charge in [0.2, 0.25) is 0 Å². The Balaban J connectivity index is -0.0000000750. The Morgan fingerprint density at radius 2 is 0.889 bits per heavy atom. The molecule has 0 bridgehead atoms. The first-order chi connectivity index (χ1) is 8.51. The fourth-order valence-corrected chi connectivity index (χ4v) is 0.931. The zero-order chi connectivity index (χ0) is 15.2. The molecule has 0 rings (SSSR count). The fraction of sp³-hybridized carbons (Fsp3) is 1.00. The minimum absolute atomic E-state index is 0.898. The van der Waals surface area contributed by atoms with Gasteiger partial charge in [-0.05, 0) is 5.92 Å². The van der Waals surface area contributed by atoms with Crippen molar-refractivity contribution in [1.29, 1.82) is 0 Å². The molecule has 0 aromatic rings. The van der Waals surface area contributed by atoms with Crippen molar-refractivity contribution in [2.75, 3.05) is 0 Å². The summed E-state index contributed by atoms with van der Waals surface area (Å²) in [7, 11) is 0. The van der Waals surface area contributed by atoms with Crippen LogP contribution < -0.4 is 0 Å². The SMILES string of the molecule is CCC.CCCC.CCCC(C)C.CCCCC. The van der Waals surface area contributed by atoms with E-state index >= 15 is 0 Å². The van der Waals surface area contributed by atoms with Crippen LogP contribution >= 0.6 is 0 Å². The van der Waals surface area contributed by atoms with Crippen LogP contribution in [0.25, 0.3) is 0 Å². The van der Waals surface area contributed by atoms with Crippen LogP contribution in [0.4, 0.5) is 0 Å². The summed E-state index contributed by atoms with van der Waals surface area (Å²) in [4.78, 5) is 0. The lowest BCUT2D eigenvalue weighted by atomic mass is 10.1. The van der Waals surface area contributed by atoms with Gasteiger partial charge >= 0.3 is 0 Å². The van der Waals surface area contributed by atoms with Crippen LogP contribution in [0.3, 0.4) is 0 Å². The molecule has 0 aliphatic carbocycles. The zero-order valence-electron chi connectivity index (χ0n) is 15.2.